The lowest BCUT2D eigenvalue weighted by Crippen LogP contribution is -2.12. The maximum absolute atomic E-state index is 12.9. The maximum atomic E-state index is 12.9. The number of aromatic nitrogens is 1. The summed E-state index contributed by atoms with van der Waals surface area (Å²) in [6.45, 7) is 0.998. The number of halogens is 1. The highest BCUT2D eigenvalue weighted by Crippen LogP contribution is 2.26. The molecule has 3 rings (SSSR count). The molecule has 2 aromatic rings. The van der Waals surface area contributed by atoms with Crippen LogP contribution in [0.15, 0.2) is 22.6 Å². The Bertz CT molecular complexity index is 488. The first-order valence-corrected chi connectivity index (χ1v) is 5.12. The number of oxazole rings is 1. The molecule has 0 bridgehead atoms. The molecule has 1 saturated heterocycles. The van der Waals surface area contributed by atoms with Crippen molar-refractivity contribution in [3.63, 3.8) is 0 Å². The first-order chi connectivity index (χ1) is 7.33. The maximum Gasteiger partial charge on any atom is 0.212 e. The van der Waals surface area contributed by atoms with Crippen molar-refractivity contribution in [3.05, 3.63) is 29.9 Å². The molecular weight excluding hydrogens is 195 g/mol. The molecule has 0 amide bonds. The Morgan fingerprint density at radius 3 is 3.20 bits per heavy atom. The second-order valence-corrected chi connectivity index (χ2v) is 3.81. The summed E-state index contributed by atoms with van der Waals surface area (Å²) in [5.41, 5.74) is 1.25. The van der Waals surface area contributed by atoms with Crippen LogP contribution in [0.5, 0.6) is 0 Å². The number of nitrogens with zero attached hydrogens (tertiary/aromatic N) is 1. The zero-order chi connectivity index (χ0) is 10.3. The monoisotopic (exact) mass is 206 g/mol. The fourth-order valence-electron chi connectivity index (χ4n) is 1.96. The molecule has 0 spiro atoms. The van der Waals surface area contributed by atoms with Gasteiger partial charge < -0.3 is 9.73 Å². The Kier molecular flexibility index (Phi) is 1.95. The number of hydrogen-bond donors (Lipinski definition) is 1. The molecule has 1 aliphatic rings. The van der Waals surface area contributed by atoms with Gasteiger partial charge in [0.25, 0.3) is 0 Å². The summed E-state index contributed by atoms with van der Waals surface area (Å²) >= 11 is 0. The van der Waals surface area contributed by atoms with Crippen molar-refractivity contribution < 1.29 is 8.81 Å². The number of benzene rings is 1. The van der Waals surface area contributed by atoms with Gasteiger partial charge in [-0.1, -0.05) is 0 Å². The number of fused-ring (bicyclic) bond motifs is 1. The Labute approximate surface area is 86.3 Å². The molecule has 4 heteroatoms. The van der Waals surface area contributed by atoms with Crippen molar-refractivity contribution in [2.24, 2.45) is 0 Å². The second kappa shape index (κ2) is 3.31. The van der Waals surface area contributed by atoms with E-state index in [-0.39, 0.29) is 11.9 Å². The second-order valence-electron chi connectivity index (χ2n) is 3.81. The Balaban J connectivity index is 2.05. The Hall–Kier alpha value is -1.42. The molecule has 1 atom stereocenters. The van der Waals surface area contributed by atoms with Crippen LogP contribution in [-0.4, -0.2) is 11.5 Å². The standard InChI is InChI=1S/C11H11FN2O/c12-7-3-4-10-9(6-7)14-11(15-10)8-2-1-5-13-8/h3-4,6,8,13H,1-2,5H2/t8-/m0/s1. The van der Waals surface area contributed by atoms with E-state index >= 15 is 0 Å². The van der Waals surface area contributed by atoms with Crippen molar-refractivity contribution in [2.75, 3.05) is 6.54 Å². The van der Waals surface area contributed by atoms with E-state index in [1.807, 2.05) is 0 Å². The van der Waals surface area contributed by atoms with Crippen LogP contribution in [0.4, 0.5) is 4.39 Å². The molecule has 1 aliphatic heterocycles. The molecule has 3 nitrogen and oxygen atoms in total. The van der Waals surface area contributed by atoms with Gasteiger partial charge in [0.15, 0.2) is 5.58 Å². The van der Waals surface area contributed by atoms with E-state index in [2.05, 4.69) is 10.3 Å². The van der Waals surface area contributed by atoms with Crippen molar-refractivity contribution >= 4 is 11.1 Å². The van der Waals surface area contributed by atoms with Gasteiger partial charge in [0.05, 0.1) is 6.04 Å². The smallest absolute Gasteiger partial charge is 0.212 e. The van der Waals surface area contributed by atoms with E-state index in [1.165, 1.54) is 12.1 Å². The van der Waals surface area contributed by atoms with Gasteiger partial charge in [-0.3, -0.25) is 0 Å². The summed E-state index contributed by atoms with van der Waals surface area (Å²) in [4.78, 5) is 4.29. The topological polar surface area (TPSA) is 38.1 Å². The van der Waals surface area contributed by atoms with E-state index in [0.29, 0.717) is 17.0 Å². The molecule has 0 saturated carbocycles. The highest BCUT2D eigenvalue weighted by atomic mass is 19.1. The molecule has 0 aliphatic carbocycles. The molecule has 0 unspecified atom stereocenters. The van der Waals surface area contributed by atoms with Crippen LogP contribution >= 0.6 is 0 Å². The normalized spacial score (nSPS) is 21.3. The fraction of sp³-hybridized carbons (Fsp3) is 0.364. The van der Waals surface area contributed by atoms with Gasteiger partial charge in [0.1, 0.15) is 11.3 Å². The largest absolute Gasteiger partial charge is 0.439 e. The third-order valence-corrected chi connectivity index (χ3v) is 2.72. The molecular formula is C11H11FN2O. The third kappa shape index (κ3) is 1.51. The molecule has 1 fully saturated rings. The molecule has 1 aromatic heterocycles. The van der Waals surface area contributed by atoms with Crippen molar-refractivity contribution in [2.45, 2.75) is 18.9 Å². The number of hydrogen-bond acceptors (Lipinski definition) is 3. The van der Waals surface area contributed by atoms with Gasteiger partial charge in [0, 0.05) is 6.07 Å². The molecule has 1 aromatic carbocycles. The predicted octanol–water partition coefficient (Wildman–Crippen LogP) is 2.39. The summed E-state index contributed by atoms with van der Waals surface area (Å²) < 4.78 is 18.5. The van der Waals surface area contributed by atoms with E-state index in [0.717, 1.165) is 19.4 Å². The summed E-state index contributed by atoms with van der Waals surface area (Å²) in [5.74, 6) is 0.398. The highest BCUT2D eigenvalue weighted by Gasteiger charge is 2.21. The summed E-state index contributed by atoms with van der Waals surface area (Å²) in [6, 6.07) is 4.60. The van der Waals surface area contributed by atoms with E-state index in [4.69, 9.17) is 4.42 Å². The fourth-order valence-corrected chi connectivity index (χ4v) is 1.96. The minimum absolute atomic E-state index is 0.195. The van der Waals surface area contributed by atoms with Gasteiger partial charge >= 0.3 is 0 Å². The van der Waals surface area contributed by atoms with Crippen molar-refractivity contribution in [1.29, 1.82) is 0 Å². The Morgan fingerprint density at radius 1 is 1.47 bits per heavy atom. The minimum atomic E-state index is -0.276. The van der Waals surface area contributed by atoms with Crippen LogP contribution in [-0.2, 0) is 0 Å². The van der Waals surface area contributed by atoms with Gasteiger partial charge in [-0.2, -0.15) is 0 Å². The minimum Gasteiger partial charge on any atom is -0.439 e. The van der Waals surface area contributed by atoms with E-state index < -0.39 is 0 Å². The van der Waals surface area contributed by atoms with Gasteiger partial charge in [0.2, 0.25) is 5.89 Å². The van der Waals surface area contributed by atoms with E-state index in [1.54, 1.807) is 6.07 Å². The third-order valence-electron chi connectivity index (χ3n) is 2.72. The first kappa shape index (κ1) is 8.85. The lowest BCUT2D eigenvalue weighted by atomic mass is 10.2. The zero-order valence-corrected chi connectivity index (χ0v) is 8.16. The van der Waals surface area contributed by atoms with Crippen molar-refractivity contribution in [1.82, 2.24) is 10.3 Å². The van der Waals surface area contributed by atoms with E-state index in [9.17, 15) is 4.39 Å². The quantitative estimate of drug-likeness (QED) is 0.778. The summed E-state index contributed by atoms with van der Waals surface area (Å²) in [7, 11) is 0. The molecule has 1 N–H and O–H groups in total. The van der Waals surface area contributed by atoms with Gasteiger partial charge in [-0.05, 0) is 31.5 Å². The lowest BCUT2D eigenvalue weighted by molar-refractivity contribution is 0.451. The van der Waals surface area contributed by atoms with Crippen LogP contribution < -0.4 is 5.32 Å². The molecule has 78 valence electrons. The number of rotatable bonds is 1. The van der Waals surface area contributed by atoms with Crippen LogP contribution in [0, 0.1) is 5.82 Å². The molecule has 15 heavy (non-hydrogen) atoms. The van der Waals surface area contributed by atoms with Crippen LogP contribution in [0.3, 0.4) is 0 Å². The van der Waals surface area contributed by atoms with Gasteiger partial charge in [-0.25, -0.2) is 9.37 Å². The molecule has 0 radical (unpaired) electrons. The van der Waals surface area contributed by atoms with Gasteiger partial charge in [-0.15, -0.1) is 0 Å². The first-order valence-electron chi connectivity index (χ1n) is 5.12. The van der Waals surface area contributed by atoms with Crippen LogP contribution in [0.1, 0.15) is 24.8 Å². The average Bonchev–Trinajstić information content (AvgIpc) is 2.84. The number of nitrogens with one attached hydrogen (secondary N) is 1. The van der Waals surface area contributed by atoms with Crippen molar-refractivity contribution in [3.8, 4) is 0 Å². The molecule has 2 heterocycles. The van der Waals surface area contributed by atoms with Crippen LogP contribution in [0.2, 0.25) is 0 Å². The Morgan fingerprint density at radius 2 is 2.40 bits per heavy atom. The SMILES string of the molecule is Fc1ccc2oc([C@@H]3CCCN3)nc2c1. The lowest BCUT2D eigenvalue weighted by Gasteiger charge is -2.02. The summed E-state index contributed by atoms with van der Waals surface area (Å²) in [6.07, 6.45) is 2.17. The predicted molar refractivity (Wildman–Crippen MR) is 53.9 cm³/mol. The summed E-state index contributed by atoms with van der Waals surface area (Å²) in [5, 5.41) is 3.30. The highest BCUT2D eigenvalue weighted by molar-refractivity contribution is 5.72. The zero-order valence-electron chi connectivity index (χ0n) is 8.16. The average molecular weight is 206 g/mol. The van der Waals surface area contributed by atoms with Crippen LogP contribution in [0.25, 0.3) is 11.1 Å².